The summed E-state index contributed by atoms with van der Waals surface area (Å²) in [4.78, 5) is 0. The van der Waals surface area contributed by atoms with Crippen molar-refractivity contribution >= 4 is 34.8 Å². The Morgan fingerprint density at radius 2 is 1.79 bits per heavy atom. The van der Waals surface area contributed by atoms with Gasteiger partial charge in [-0.25, -0.2) is 0 Å². The minimum Gasteiger partial charge on any atom is -0.487 e. The highest BCUT2D eigenvalue weighted by molar-refractivity contribution is 6.35. The Morgan fingerprint density at radius 3 is 2.42 bits per heavy atom. The first-order chi connectivity index (χ1) is 9.10. The Kier molecular flexibility index (Phi) is 4.55. The third-order valence-corrected chi connectivity index (χ3v) is 3.34. The fourth-order valence-electron chi connectivity index (χ4n) is 1.48. The molecule has 5 heteroatoms. The van der Waals surface area contributed by atoms with Crippen LogP contribution in [0.25, 0.3) is 0 Å². The van der Waals surface area contributed by atoms with Crippen LogP contribution in [0.3, 0.4) is 0 Å². The van der Waals surface area contributed by atoms with Gasteiger partial charge in [0.2, 0.25) is 0 Å². The zero-order valence-electron chi connectivity index (χ0n) is 9.66. The highest BCUT2D eigenvalue weighted by Crippen LogP contribution is 2.29. The summed E-state index contributed by atoms with van der Waals surface area (Å²) in [7, 11) is 0. The third kappa shape index (κ3) is 3.54. The molecule has 0 aliphatic rings. The van der Waals surface area contributed by atoms with E-state index in [9.17, 15) is 0 Å². The van der Waals surface area contributed by atoms with E-state index in [2.05, 4.69) is 0 Å². The van der Waals surface area contributed by atoms with Crippen LogP contribution in [0.5, 0.6) is 5.75 Å². The van der Waals surface area contributed by atoms with Crippen molar-refractivity contribution in [1.29, 1.82) is 5.26 Å². The van der Waals surface area contributed by atoms with E-state index in [1.807, 2.05) is 6.07 Å². The third-order valence-electron chi connectivity index (χ3n) is 2.46. The zero-order valence-corrected chi connectivity index (χ0v) is 11.9. The minimum atomic E-state index is 0.270. The van der Waals surface area contributed by atoms with Gasteiger partial charge in [0.1, 0.15) is 12.4 Å². The summed E-state index contributed by atoms with van der Waals surface area (Å²) in [6.07, 6.45) is 0. The molecule has 2 aromatic carbocycles. The standard InChI is InChI=1S/C14H8Cl3NO/c15-11-3-4-14(13(17)6-11)19-8-10-2-1-9(7-18)5-12(10)16/h1-6H,8H2. The average molecular weight is 313 g/mol. The van der Waals surface area contributed by atoms with Gasteiger partial charge in [-0.2, -0.15) is 5.26 Å². The number of hydrogen-bond donors (Lipinski definition) is 0. The highest BCUT2D eigenvalue weighted by atomic mass is 35.5. The fraction of sp³-hybridized carbons (Fsp3) is 0.0714. The van der Waals surface area contributed by atoms with Crippen molar-refractivity contribution in [3.8, 4) is 11.8 Å². The first kappa shape index (κ1) is 14.0. The SMILES string of the molecule is N#Cc1ccc(COc2ccc(Cl)cc2Cl)c(Cl)c1. The molecule has 0 unspecified atom stereocenters. The molecule has 19 heavy (non-hydrogen) atoms. The van der Waals surface area contributed by atoms with Crippen molar-refractivity contribution in [2.75, 3.05) is 0 Å². The number of benzene rings is 2. The number of nitriles is 1. The topological polar surface area (TPSA) is 33.0 Å². The normalized spacial score (nSPS) is 10.0. The molecule has 2 nitrogen and oxygen atoms in total. The second-order valence-corrected chi connectivity index (χ2v) is 5.03. The molecule has 96 valence electrons. The summed E-state index contributed by atoms with van der Waals surface area (Å²) < 4.78 is 5.57. The lowest BCUT2D eigenvalue weighted by Crippen LogP contribution is -1.97. The predicted molar refractivity (Wildman–Crippen MR) is 77.0 cm³/mol. The fourth-order valence-corrected chi connectivity index (χ4v) is 2.18. The van der Waals surface area contributed by atoms with Gasteiger partial charge in [-0.1, -0.05) is 40.9 Å². The van der Waals surface area contributed by atoms with Crippen LogP contribution in [0.4, 0.5) is 0 Å². The zero-order chi connectivity index (χ0) is 13.8. The molecule has 0 saturated heterocycles. The summed E-state index contributed by atoms with van der Waals surface area (Å²) in [6, 6.07) is 12.1. The van der Waals surface area contributed by atoms with Crippen molar-refractivity contribution in [3.05, 3.63) is 62.6 Å². The van der Waals surface area contributed by atoms with Crippen LogP contribution < -0.4 is 4.74 Å². The van der Waals surface area contributed by atoms with Crippen LogP contribution in [0.2, 0.25) is 15.1 Å². The van der Waals surface area contributed by atoms with E-state index < -0.39 is 0 Å². The van der Waals surface area contributed by atoms with E-state index in [4.69, 9.17) is 44.8 Å². The molecular weight excluding hydrogens is 305 g/mol. The number of hydrogen-bond acceptors (Lipinski definition) is 2. The molecule has 0 saturated carbocycles. The molecular formula is C14H8Cl3NO. The summed E-state index contributed by atoms with van der Waals surface area (Å²) >= 11 is 17.9. The van der Waals surface area contributed by atoms with Gasteiger partial charge in [0.15, 0.2) is 0 Å². The van der Waals surface area contributed by atoms with Crippen LogP contribution in [-0.2, 0) is 6.61 Å². The number of ether oxygens (including phenoxy) is 1. The van der Waals surface area contributed by atoms with Gasteiger partial charge in [-0.15, -0.1) is 0 Å². The Hall–Kier alpha value is -1.40. The lowest BCUT2D eigenvalue weighted by molar-refractivity contribution is 0.306. The number of nitrogens with zero attached hydrogens (tertiary/aromatic N) is 1. The highest BCUT2D eigenvalue weighted by Gasteiger charge is 2.06. The van der Waals surface area contributed by atoms with Crippen molar-refractivity contribution in [3.63, 3.8) is 0 Å². The molecule has 0 bridgehead atoms. The van der Waals surface area contributed by atoms with Crippen LogP contribution in [0.1, 0.15) is 11.1 Å². The molecule has 0 aromatic heterocycles. The molecule has 0 heterocycles. The lowest BCUT2D eigenvalue weighted by Gasteiger charge is -2.09. The van der Waals surface area contributed by atoms with E-state index in [-0.39, 0.29) is 6.61 Å². The van der Waals surface area contributed by atoms with Crippen molar-refractivity contribution in [2.24, 2.45) is 0 Å². The van der Waals surface area contributed by atoms with E-state index in [0.717, 1.165) is 5.56 Å². The summed E-state index contributed by atoms with van der Waals surface area (Å²) in [5.41, 5.74) is 1.30. The minimum absolute atomic E-state index is 0.270. The lowest BCUT2D eigenvalue weighted by atomic mass is 10.1. The molecule has 2 aromatic rings. The van der Waals surface area contributed by atoms with Crippen molar-refractivity contribution in [1.82, 2.24) is 0 Å². The van der Waals surface area contributed by atoms with Crippen LogP contribution in [0.15, 0.2) is 36.4 Å². The summed E-state index contributed by atoms with van der Waals surface area (Å²) in [5, 5.41) is 10.2. The number of halogens is 3. The molecule has 0 aliphatic heterocycles. The molecule has 0 atom stereocenters. The number of rotatable bonds is 3. The summed E-state index contributed by atoms with van der Waals surface area (Å²) in [6.45, 7) is 0.270. The molecule has 0 N–H and O–H groups in total. The van der Waals surface area contributed by atoms with Gasteiger partial charge < -0.3 is 4.74 Å². The largest absolute Gasteiger partial charge is 0.487 e. The molecule has 0 aliphatic carbocycles. The van der Waals surface area contributed by atoms with Crippen LogP contribution >= 0.6 is 34.8 Å². The van der Waals surface area contributed by atoms with Crippen molar-refractivity contribution < 1.29 is 4.74 Å². The Bertz CT molecular complexity index is 650. The van der Waals surface area contributed by atoms with Gasteiger partial charge in [-0.05, 0) is 30.3 Å². The average Bonchev–Trinajstić information content (AvgIpc) is 2.39. The van der Waals surface area contributed by atoms with Gasteiger partial charge in [0, 0.05) is 15.6 Å². The maximum absolute atomic E-state index is 8.75. The Morgan fingerprint density at radius 1 is 1.00 bits per heavy atom. The van der Waals surface area contributed by atoms with Gasteiger partial charge in [0.25, 0.3) is 0 Å². The van der Waals surface area contributed by atoms with E-state index in [1.54, 1.807) is 36.4 Å². The van der Waals surface area contributed by atoms with Crippen LogP contribution in [0, 0.1) is 11.3 Å². The quantitative estimate of drug-likeness (QED) is 0.790. The smallest absolute Gasteiger partial charge is 0.138 e. The second-order valence-electron chi connectivity index (χ2n) is 3.78. The van der Waals surface area contributed by atoms with E-state index >= 15 is 0 Å². The molecule has 0 fully saturated rings. The Balaban J connectivity index is 2.13. The van der Waals surface area contributed by atoms with Crippen molar-refractivity contribution in [2.45, 2.75) is 6.61 Å². The van der Waals surface area contributed by atoms with Gasteiger partial charge >= 0.3 is 0 Å². The van der Waals surface area contributed by atoms with Gasteiger partial charge in [0.05, 0.1) is 16.7 Å². The summed E-state index contributed by atoms with van der Waals surface area (Å²) in [5.74, 6) is 0.534. The first-order valence-electron chi connectivity index (χ1n) is 5.36. The van der Waals surface area contributed by atoms with E-state index in [0.29, 0.717) is 26.4 Å². The Labute approximate surface area is 126 Å². The molecule has 2 rings (SSSR count). The van der Waals surface area contributed by atoms with Gasteiger partial charge in [-0.3, -0.25) is 0 Å². The first-order valence-corrected chi connectivity index (χ1v) is 6.50. The predicted octanol–water partition coefficient (Wildman–Crippen LogP) is 5.10. The molecule has 0 spiro atoms. The maximum atomic E-state index is 8.75. The van der Waals surface area contributed by atoms with Crippen LogP contribution in [-0.4, -0.2) is 0 Å². The molecule has 0 radical (unpaired) electrons. The second kappa shape index (κ2) is 6.16. The molecule has 0 amide bonds. The maximum Gasteiger partial charge on any atom is 0.138 e. The van der Waals surface area contributed by atoms with E-state index in [1.165, 1.54) is 0 Å². The monoisotopic (exact) mass is 311 g/mol.